The van der Waals surface area contributed by atoms with Crippen LogP contribution in [0.4, 0.5) is 5.69 Å². The second-order valence-corrected chi connectivity index (χ2v) is 20.9. The summed E-state index contributed by atoms with van der Waals surface area (Å²) in [5.74, 6) is -1.87. The summed E-state index contributed by atoms with van der Waals surface area (Å²) in [7, 11) is 6.16. The number of rotatable bonds is 9. The standard InChI is InChI=1S/C55H63N5O10/c1-8-51(57-45(62)35-16-15-34-18-24-69-42(34)25-35)28-33-29-54(49(63)67-6,44-37(17-22-59(30-33)31-51)36-13-10-11-14-40(36)56-44)39-26-38-41(27-43(39)66-5)58(4)47-53(38)20-23-60-21-12-19-52(9-2,46(53)60)48(70-32(3)61)55(47,65)50(64)68-7/h10-16,18-19,24-27,33,46-48,56,65H,8-9,17,20-23,28-31H2,1-7H3,(H,57,62)/t33-,46+,47-,48-,51+,52-,53-,54+,55+/m1/s1. The number of para-hydroxylation sites is 1. The smallest absolute Gasteiger partial charge is 0.344 e. The molecule has 0 radical (unpaired) electrons. The number of aromatic nitrogens is 1. The Morgan fingerprint density at radius 1 is 0.929 bits per heavy atom. The molecule has 3 aromatic carbocycles. The molecule has 10 atom stereocenters. The number of nitrogens with one attached hydrogen (secondary N) is 2. The first-order valence-corrected chi connectivity index (χ1v) is 24.7. The summed E-state index contributed by atoms with van der Waals surface area (Å²) in [6, 6.07) is 18.3. The first kappa shape index (κ1) is 46.2. The molecule has 1 saturated carbocycles. The Hall–Kier alpha value is -6.16. The fraction of sp³-hybridized carbons (Fsp3) is 0.491. The van der Waals surface area contributed by atoms with Gasteiger partial charge in [-0.2, -0.15) is 0 Å². The van der Waals surface area contributed by atoms with E-state index in [1.165, 1.54) is 21.1 Å². The highest BCUT2D eigenvalue weighted by Crippen LogP contribution is 2.68. The van der Waals surface area contributed by atoms with Crippen LogP contribution in [0.3, 0.4) is 0 Å². The van der Waals surface area contributed by atoms with Crippen molar-refractivity contribution < 1.29 is 47.6 Å². The Kier molecular flexibility index (Phi) is 10.9. The Balaban J connectivity index is 1.13. The summed E-state index contributed by atoms with van der Waals surface area (Å²) in [4.78, 5) is 68.4. The molecule has 2 bridgehead atoms. The number of fused-ring (bicyclic) bond motifs is 7. The largest absolute Gasteiger partial charge is 0.496 e. The topological polar surface area (TPSA) is 176 Å². The number of amides is 1. The van der Waals surface area contributed by atoms with Gasteiger partial charge in [-0.3, -0.25) is 19.3 Å². The minimum atomic E-state index is -2.34. The fourth-order valence-corrected chi connectivity index (χ4v) is 15.1. The van der Waals surface area contributed by atoms with E-state index in [2.05, 4.69) is 51.3 Å². The third-order valence-electron chi connectivity index (χ3n) is 17.7. The van der Waals surface area contributed by atoms with Gasteiger partial charge in [0.2, 0.25) is 5.60 Å². The zero-order valence-electron chi connectivity index (χ0n) is 41.1. The van der Waals surface area contributed by atoms with Gasteiger partial charge in [0.1, 0.15) is 16.7 Å². The van der Waals surface area contributed by atoms with Crippen molar-refractivity contribution in [1.29, 1.82) is 0 Å². The number of furan rings is 1. The molecule has 1 spiro atoms. The van der Waals surface area contributed by atoms with Gasteiger partial charge in [0.05, 0.1) is 39.2 Å². The molecule has 1 aliphatic carbocycles. The molecule has 3 fully saturated rings. The van der Waals surface area contributed by atoms with E-state index in [1.807, 2.05) is 61.3 Å². The number of carbonyl (C=O) groups excluding carboxylic acids is 4. The molecular weight excluding hydrogens is 891 g/mol. The van der Waals surface area contributed by atoms with Crippen LogP contribution >= 0.6 is 0 Å². The van der Waals surface area contributed by atoms with Crippen molar-refractivity contribution in [3.8, 4) is 5.75 Å². The van der Waals surface area contributed by atoms with Gasteiger partial charge in [-0.05, 0) is 92.4 Å². The van der Waals surface area contributed by atoms with Crippen LogP contribution in [0.25, 0.3) is 21.9 Å². The van der Waals surface area contributed by atoms with Crippen molar-refractivity contribution in [2.45, 2.75) is 99.5 Å². The van der Waals surface area contributed by atoms with Crippen molar-refractivity contribution >= 4 is 51.4 Å². The van der Waals surface area contributed by atoms with Crippen LogP contribution in [0.1, 0.15) is 85.6 Å². The fourth-order valence-electron chi connectivity index (χ4n) is 15.1. The number of benzene rings is 3. The van der Waals surface area contributed by atoms with E-state index in [9.17, 15) is 19.5 Å². The second kappa shape index (κ2) is 16.5. The number of hydrogen-bond acceptors (Lipinski definition) is 13. The van der Waals surface area contributed by atoms with Crippen molar-refractivity contribution in [3.63, 3.8) is 0 Å². The molecule has 3 N–H and O–H groups in total. The first-order valence-electron chi connectivity index (χ1n) is 24.7. The zero-order chi connectivity index (χ0) is 49.1. The number of aliphatic hydroxyl groups is 1. The van der Waals surface area contributed by atoms with Gasteiger partial charge in [-0.25, -0.2) is 4.79 Å². The Morgan fingerprint density at radius 3 is 2.47 bits per heavy atom. The molecule has 15 heteroatoms. The van der Waals surface area contributed by atoms with Crippen LogP contribution in [0.15, 0.2) is 83.5 Å². The number of nitrogens with zero attached hydrogens (tertiary/aromatic N) is 3. The molecular formula is C55H63N5O10. The maximum absolute atomic E-state index is 15.8. The number of aromatic amines is 1. The van der Waals surface area contributed by atoms with Crippen molar-refractivity contribution in [3.05, 3.63) is 107 Å². The lowest BCUT2D eigenvalue weighted by atomic mass is 9.47. The third kappa shape index (κ3) is 6.22. The SMILES string of the molecule is CC[C@]1(NC(=O)c2ccc3ccoc3c2)C[C@H]2CN(CCc3c([nH]c4ccccc34)[C@@](C(=O)OC)(c3cc4c(cc3OC)N(C)[C@H]3[C@@](O)(C(=O)OC)[C@H](OC(C)=O)[C@]5(CC)C=CCN6CC[C@]43[C@@H]65)C2)C1. The quantitative estimate of drug-likeness (QED) is 0.0870. The molecule has 7 heterocycles. The average Bonchev–Trinajstić information content (AvgIpc) is 4.16. The van der Waals surface area contributed by atoms with E-state index >= 15 is 4.79 Å². The number of hydrogen-bond donors (Lipinski definition) is 3. The average molecular weight is 954 g/mol. The summed E-state index contributed by atoms with van der Waals surface area (Å²) in [6.07, 6.45) is 7.55. The van der Waals surface area contributed by atoms with Crippen molar-refractivity contribution in [2.24, 2.45) is 11.3 Å². The van der Waals surface area contributed by atoms with E-state index in [0.29, 0.717) is 93.7 Å². The third-order valence-corrected chi connectivity index (χ3v) is 17.7. The van der Waals surface area contributed by atoms with Gasteiger partial charge in [-0.15, -0.1) is 0 Å². The maximum Gasteiger partial charge on any atom is 0.344 e. The summed E-state index contributed by atoms with van der Waals surface area (Å²) in [6.45, 7) is 8.67. The van der Waals surface area contributed by atoms with E-state index in [1.54, 1.807) is 19.4 Å². The lowest BCUT2D eigenvalue weighted by Crippen LogP contribution is -2.81. The molecule has 70 heavy (non-hydrogen) atoms. The predicted octanol–water partition coefficient (Wildman–Crippen LogP) is 6.17. The number of ether oxygens (including phenoxy) is 4. The molecule has 1 amide bonds. The molecule has 1 unspecified atom stereocenters. The molecule has 368 valence electrons. The highest BCUT2D eigenvalue weighted by Gasteiger charge is 2.80. The molecule has 15 nitrogen and oxygen atoms in total. The van der Waals surface area contributed by atoms with Crippen LogP contribution in [-0.4, -0.2) is 134 Å². The van der Waals surface area contributed by atoms with Crippen LogP contribution in [0.5, 0.6) is 5.75 Å². The molecule has 11 rings (SSSR count). The molecule has 6 aliphatic rings. The van der Waals surface area contributed by atoms with Gasteiger partial charge < -0.3 is 48.6 Å². The van der Waals surface area contributed by atoms with E-state index in [0.717, 1.165) is 38.8 Å². The minimum Gasteiger partial charge on any atom is -0.496 e. The lowest BCUT2D eigenvalue weighted by Gasteiger charge is -2.63. The van der Waals surface area contributed by atoms with Gasteiger partial charge >= 0.3 is 17.9 Å². The summed E-state index contributed by atoms with van der Waals surface area (Å²) < 4.78 is 30.0. The number of anilines is 1. The van der Waals surface area contributed by atoms with Gasteiger partial charge in [0.25, 0.3) is 5.91 Å². The summed E-state index contributed by atoms with van der Waals surface area (Å²) >= 11 is 0. The van der Waals surface area contributed by atoms with Crippen molar-refractivity contribution in [1.82, 2.24) is 20.1 Å². The van der Waals surface area contributed by atoms with E-state index < -0.39 is 57.4 Å². The van der Waals surface area contributed by atoms with Gasteiger partial charge in [-0.1, -0.05) is 50.3 Å². The molecule has 5 aliphatic heterocycles. The number of esters is 3. The van der Waals surface area contributed by atoms with E-state index in [-0.39, 0.29) is 17.9 Å². The van der Waals surface area contributed by atoms with Gasteiger partial charge in [0, 0.05) is 102 Å². The Bertz CT molecular complexity index is 3000. The molecule has 2 saturated heterocycles. The second-order valence-electron chi connectivity index (χ2n) is 20.9. The number of carbonyl (C=O) groups is 4. The van der Waals surface area contributed by atoms with Crippen LogP contribution in [0, 0.1) is 11.3 Å². The summed E-state index contributed by atoms with van der Waals surface area (Å²) in [5, 5.41) is 18.9. The number of piperidine rings is 1. The highest BCUT2D eigenvalue weighted by molar-refractivity contribution is 5.98. The monoisotopic (exact) mass is 953 g/mol. The lowest BCUT2D eigenvalue weighted by molar-refractivity contribution is -0.228. The molecule has 2 aromatic heterocycles. The number of methoxy groups -OCH3 is 3. The highest BCUT2D eigenvalue weighted by atomic mass is 16.6. The summed E-state index contributed by atoms with van der Waals surface area (Å²) in [5.41, 5.74) is -0.504. The maximum atomic E-state index is 15.8. The Labute approximate surface area is 407 Å². The van der Waals surface area contributed by atoms with Crippen molar-refractivity contribution in [2.75, 3.05) is 66.0 Å². The minimum absolute atomic E-state index is 0.147. The number of likely N-dealkylation sites (N-methyl/N-ethyl adjacent to an activating group) is 1. The molecule has 5 aromatic rings. The van der Waals surface area contributed by atoms with Crippen LogP contribution in [0.2, 0.25) is 0 Å². The zero-order valence-corrected chi connectivity index (χ0v) is 41.1. The van der Waals surface area contributed by atoms with Crippen LogP contribution < -0.4 is 15.0 Å². The first-order chi connectivity index (χ1) is 33.7. The normalized spacial score (nSPS) is 33.0. The Morgan fingerprint density at radius 2 is 1.73 bits per heavy atom. The van der Waals surface area contributed by atoms with Crippen LogP contribution in [-0.2, 0) is 45.8 Å². The van der Waals surface area contributed by atoms with Gasteiger partial charge in [0.15, 0.2) is 6.10 Å². The van der Waals surface area contributed by atoms with E-state index in [4.69, 9.17) is 23.4 Å². The predicted molar refractivity (Wildman–Crippen MR) is 262 cm³/mol. The number of H-pyrrole nitrogens is 1.